The largest absolute Gasteiger partial charge is 0.493 e. The van der Waals surface area contributed by atoms with Gasteiger partial charge < -0.3 is 14.8 Å². The van der Waals surface area contributed by atoms with Crippen molar-refractivity contribution < 1.29 is 18.3 Å². The van der Waals surface area contributed by atoms with Crippen LogP contribution in [0, 0.1) is 11.6 Å². The minimum Gasteiger partial charge on any atom is -0.493 e. The molecule has 0 saturated carbocycles. The van der Waals surface area contributed by atoms with Gasteiger partial charge in [0.25, 0.3) is 0 Å². The molecule has 2 heterocycles. The molecule has 0 amide bonds. The Morgan fingerprint density at radius 2 is 1.73 bits per heavy atom. The molecule has 33 heavy (non-hydrogen) atoms. The highest BCUT2D eigenvalue weighted by molar-refractivity contribution is 5.91. The number of nitrogens with zero attached hydrogens (tertiary/aromatic N) is 2. The first-order valence-electron chi connectivity index (χ1n) is 10.9. The van der Waals surface area contributed by atoms with E-state index >= 15 is 0 Å². The number of hydrogen-bond donors (Lipinski definition) is 1. The predicted molar refractivity (Wildman–Crippen MR) is 124 cm³/mol. The molecule has 7 heteroatoms. The highest BCUT2D eigenvalue weighted by Crippen LogP contribution is 2.38. The number of halogens is 2. The molecule has 0 spiro atoms. The van der Waals surface area contributed by atoms with Crippen LogP contribution in [0.1, 0.15) is 28.3 Å². The van der Waals surface area contributed by atoms with Crippen LogP contribution in [-0.2, 0) is 12.8 Å². The molecular weight excluding hydrogens is 424 g/mol. The van der Waals surface area contributed by atoms with E-state index < -0.39 is 11.6 Å². The summed E-state index contributed by atoms with van der Waals surface area (Å²) < 4.78 is 39.1. The third-order valence-corrected chi connectivity index (χ3v) is 6.36. The maximum absolute atomic E-state index is 14.3. The Morgan fingerprint density at radius 1 is 1.00 bits per heavy atom. The highest BCUT2D eigenvalue weighted by atomic mass is 19.2. The Morgan fingerprint density at radius 3 is 2.48 bits per heavy atom. The second-order valence-electron chi connectivity index (χ2n) is 8.25. The lowest BCUT2D eigenvalue weighted by molar-refractivity contribution is 0.140. The van der Waals surface area contributed by atoms with E-state index in [0.29, 0.717) is 30.9 Å². The summed E-state index contributed by atoms with van der Waals surface area (Å²) in [7, 11) is 3.20. The minimum absolute atomic E-state index is 0.164. The van der Waals surface area contributed by atoms with Crippen molar-refractivity contribution in [3.05, 3.63) is 88.5 Å². The van der Waals surface area contributed by atoms with Crippen molar-refractivity contribution >= 4 is 11.9 Å². The van der Waals surface area contributed by atoms with Crippen molar-refractivity contribution in [2.24, 2.45) is 4.99 Å². The van der Waals surface area contributed by atoms with Crippen molar-refractivity contribution in [2.75, 3.05) is 26.1 Å². The summed E-state index contributed by atoms with van der Waals surface area (Å²) in [6.07, 6.45) is 2.74. The predicted octanol–water partition coefficient (Wildman–Crippen LogP) is 4.95. The molecule has 1 N–H and O–H groups in total. The highest BCUT2D eigenvalue weighted by Gasteiger charge is 2.34. The van der Waals surface area contributed by atoms with Crippen LogP contribution in [-0.4, -0.2) is 38.2 Å². The Hall–Kier alpha value is -3.45. The molecule has 0 radical (unpaired) electrons. The second kappa shape index (κ2) is 8.83. The third-order valence-electron chi connectivity index (χ3n) is 6.36. The number of nitrogens with one attached hydrogen (secondary N) is 1. The minimum atomic E-state index is -0.823. The molecule has 0 aromatic heterocycles. The van der Waals surface area contributed by atoms with E-state index in [0.717, 1.165) is 27.9 Å². The first-order valence-corrected chi connectivity index (χ1v) is 10.9. The molecule has 170 valence electrons. The Bertz CT molecular complexity index is 1200. The zero-order valence-electron chi connectivity index (χ0n) is 18.5. The lowest BCUT2D eigenvalue weighted by atomic mass is 9.88. The Balaban J connectivity index is 1.51. The van der Waals surface area contributed by atoms with E-state index in [9.17, 15) is 8.78 Å². The van der Waals surface area contributed by atoms with Crippen LogP contribution >= 0.6 is 0 Å². The SMILES string of the molecule is COc1cc2c(cc1OC)NC(N1CCc3cc(F)c(F)cc3C1Cc1ccccc1)N=C2. The number of hydrogen-bond acceptors (Lipinski definition) is 5. The van der Waals surface area contributed by atoms with Crippen molar-refractivity contribution in [3.8, 4) is 11.5 Å². The van der Waals surface area contributed by atoms with Crippen LogP contribution in [0.25, 0.3) is 0 Å². The first-order chi connectivity index (χ1) is 16.1. The molecule has 0 saturated heterocycles. The van der Waals surface area contributed by atoms with Crippen LogP contribution in [0.5, 0.6) is 11.5 Å². The normalized spacial score (nSPS) is 19.4. The Kier molecular flexibility index (Phi) is 5.72. The summed E-state index contributed by atoms with van der Waals surface area (Å²) in [5.41, 5.74) is 4.55. The van der Waals surface area contributed by atoms with Gasteiger partial charge in [0.2, 0.25) is 0 Å². The third kappa shape index (κ3) is 4.04. The van der Waals surface area contributed by atoms with Gasteiger partial charge in [0, 0.05) is 36.1 Å². The van der Waals surface area contributed by atoms with Gasteiger partial charge in [-0.25, -0.2) is 8.78 Å². The van der Waals surface area contributed by atoms with Crippen LogP contribution in [0.3, 0.4) is 0 Å². The van der Waals surface area contributed by atoms with Gasteiger partial charge in [0.1, 0.15) is 0 Å². The molecule has 0 aliphatic carbocycles. The summed E-state index contributed by atoms with van der Waals surface area (Å²) in [4.78, 5) is 6.97. The average Bonchev–Trinajstić information content (AvgIpc) is 2.84. The van der Waals surface area contributed by atoms with Gasteiger partial charge in [-0.3, -0.25) is 9.89 Å². The van der Waals surface area contributed by atoms with Crippen molar-refractivity contribution in [1.29, 1.82) is 0 Å². The maximum atomic E-state index is 14.3. The number of fused-ring (bicyclic) bond motifs is 2. The molecule has 0 bridgehead atoms. The van der Waals surface area contributed by atoms with Gasteiger partial charge in [-0.2, -0.15) is 0 Å². The first kappa shape index (κ1) is 21.4. The van der Waals surface area contributed by atoms with Gasteiger partial charge in [-0.15, -0.1) is 0 Å². The van der Waals surface area contributed by atoms with E-state index in [1.165, 1.54) is 12.1 Å². The fourth-order valence-electron chi connectivity index (χ4n) is 4.69. The lowest BCUT2D eigenvalue weighted by Gasteiger charge is -2.42. The summed E-state index contributed by atoms with van der Waals surface area (Å²) in [5.74, 6) is -0.366. The smallest absolute Gasteiger partial charge is 0.176 e. The van der Waals surface area contributed by atoms with Crippen LogP contribution < -0.4 is 14.8 Å². The quantitative estimate of drug-likeness (QED) is 0.599. The van der Waals surface area contributed by atoms with E-state index in [4.69, 9.17) is 14.5 Å². The molecule has 2 aliphatic heterocycles. The second-order valence-corrected chi connectivity index (χ2v) is 8.25. The number of ether oxygens (including phenoxy) is 2. The molecular formula is C26H25F2N3O2. The number of rotatable bonds is 5. The van der Waals surface area contributed by atoms with Crippen LogP contribution in [0.15, 0.2) is 59.6 Å². The molecule has 2 unspecified atom stereocenters. The average molecular weight is 450 g/mol. The standard InChI is InChI=1S/C26H25F2N3O2/c1-32-24-12-18-15-29-26(30-22(18)14-25(24)33-2)31-9-8-17-11-20(27)21(28)13-19(17)23(31)10-16-6-4-3-5-7-16/h3-7,11-15,23,26,30H,8-10H2,1-2H3. The van der Waals surface area contributed by atoms with Gasteiger partial charge in [0.05, 0.1) is 14.2 Å². The molecule has 0 fully saturated rings. The topological polar surface area (TPSA) is 46.1 Å². The molecule has 5 nitrogen and oxygen atoms in total. The van der Waals surface area contributed by atoms with Crippen molar-refractivity contribution in [3.63, 3.8) is 0 Å². The van der Waals surface area contributed by atoms with E-state index in [-0.39, 0.29) is 12.3 Å². The fraction of sp³-hybridized carbons (Fsp3) is 0.269. The Labute approximate surface area is 191 Å². The monoisotopic (exact) mass is 449 g/mol. The van der Waals surface area contributed by atoms with E-state index in [1.807, 2.05) is 36.5 Å². The number of benzene rings is 3. The summed E-state index contributed by atoms with van der Waals surface area (Å²) >= 11 is 0. The van der Waals surface area contributed by atoms with Crippen molar-refractivity contribution in [2.45, 2.75) is 25.2 Å². The zero-order valence-corrected chi connectivity index (χ0v) is 18.5. The fourth-order valence-corrected chi connectivity index (χ4v) is 4.69. The number of methoxy groups -OCH3 is 2. The lowest BCUT2D eigenvalue weighted by Crippen LogP contribution is -2.47. The van der Waals surface area contributed by atoms with E-state index in [1.54, 1.807) is 14.2 Å². The maximum Gasteiger partial charge on any atom is 0.176 e. The van der Waals surface area contributed by atoms with Gasteiger partial charge in [-0.1, -0.05) is 30.3 Å². The van der Waals surface area contributed by atoms with Crippen molar-refractivity contribution in [1.82, 2.24) is 4.90 Å². The summed E-state index contributed by atoms with van der Waals surface area (Å²) in [6.45, 7) is 0.660. The van der Waals surface area contributed by atoms with Crippen LogP contribution in [0.4, 0.5) is 14.5 Å². The van der Waals surface area contributed by atoms with Gasteiger partial charge >= 0.3 is 0 Å². The summed E-state index contributed by atoms with van der Waals surface area (Å²) in [6, 6.07) is 16.3. The molecule has 5 rings (SSSR count). The van der Waals surface area contributed by atoms with Crippen LogP contribution in [0.2, 0.25) is 0 Å². The van der Waals surface area contributed by atoms with E-state index in [2.05, 4.69) is 22.3 Å². The number of aliphatic imine (C=N–C) groups is 1. The number of anilines is 1. The zero-order chi connectivity index (χ0) is 22.9. The molecule has 2 aliphatic rings. The van der Waals surface area contributed by atoms with Gasteiger partial charge in [-0.05, 0) is 47.7 Å². The summed E-state index contributed by atoms with van der Waals surface area (Å²) in [5, 5.41) is 3.49. The molecule has 3 aromatic rings. The molecule has 2 atom stereocenters. The van der Waals surface area contributed by atoms with Gasteiger partial charge in [0.15, 0.2) is 29.4 Å². The molecule has 3 aromatic carbocycles.